The third-order valence-electron chi connectivity index (χ3n) is 1.60. The van der Waals surface area contributed by atoms with Gasteiger partial charge in [-0.15, -0.1) is 0 Å². The monoisotopic (exact) mass is 172 g/mol. The van der Waals surface area contributed by atoms with E-state index in [1.165, 1.54) is 13.2 Å². The van der Waals surface area contributed by atoms with Crippen molar-refractivity contribution < 1.29 is 14.6 Å². The zero-order valence-corrected chi connectivity index (χ0v) is 7.78. The molecule has 1 atom stereocenters. The number of rotatable bonds is 4. The lowest BCUT2D eigenvalue weighted by Crippen LogP contribution is -2.13. The first-order chi connectivity index (χ1) is 5.57. The molecule has 0 heterocycles. The second-order valence-corrected chi connectivity index (χ2v) is 2.97. The Balaban J connectivity index is 3.67. The Labute approximate surface area is 73.0 Å². The molecule has 3 heteroatoms. The molecule has 0 bridgehead atoms. The van der Waals surface area contributed by atoms with Crippen LogP contribution >= 0.6 is 0 Å². The Bertz CT molecular complexity index is 161. The van der Waals surface area contributed by atoms with E-state index in [1.807, 2.05) is 13.8 Å². The van der Waals surface area contributed by atoms with E-state index in [1.54, 1.807) is 6.08 Å². The lowest BCUT2D eigenvalue weighted by Gasteiger charge is -2.10. The van der Waals surface area contributed by atoms with Crippen LogP contribution in [0.15, 0.2) is 12.2 Å². The van der Waals surface area contributed by atoms with Crippen LogP contribution in [-0.4, -0.2) is 24.3 Å². The Morgan fingerprint density at radius 3 is 2.58 bits per heavy atom. The average molecular weight is 172 g/mol. The van der Waals surface area contributed by atoms with Crippen LogP contribution in [0.25, 0.3) is 0 Å². The first kappa shape index (κ1) is 11.2. The fourth-order valence-electron chi connectivity index (χ4n) is 0.644. The summed E-state index contributed by atoms with van der Waals surface area (Å²) in [6, 6.07) is 0. The summed E-state index contributed by atoms with van der Waals surface area (Å²) in [4.78, 5) is 10.6. The fraction of sp³-hybridized carbons (Fsp3) is 0.667. The van der Waals surface area contributed by atoms with Gasteiger partial charge in [-0.25, -0.2) is 4.79 Å². The highest BCUT2D eigenvalue weighted by atomic mass is 16.5. The molecule has 12 heavy (non-hydrogen) atoms. The van der Waals surface area contributed by atoms with Gasteiger partial charge in [-0.05, 0) is 12.3 Å². The summed E-state index contributed by atoms with van der Waals surface area (Å²) < 4.78 is 4.39. The molecule has 1 unspecified atom stereocenters. The van der Waals surface area contributed by atoms with Crippen molar-refractivity contribution in [2.24, 2.45) is 5.92 Å². The fourth-order valence-corrected chi connectivity index (χ4v) is 0.644. The number of hydrogen-bond acceptors (Lipinski definition) is 3. The molecule has 0 radical (unpaired) electrons. The van der Waals surface area contributed by atoms with Gasteiger partial charge in [-0.1, -0.05) is 19.9 Å². The highest BCUT2D eigenvalue weighted by Gasteiger charge is 2.06. The number of aliphatic hydroxyl groups is 1. The molecular weight excluding hydrogens is 156 g/mol. The minimum absolute atomic E-state index is 0.215. The van der Waals surface area contributed by atoms with Crippen molar-refractivity contribution >= 4 is 5.97 Å². The molecule has 3 nitrogen and oxygen atoms in total. The normalized spacial score (nSPS) is 13.8. The van der Waals surface area contributed by atoms with Gasteiger partial charge in [-0.2, -0.15) is 0 Å². The van der Waals surface area contributed by atoms with Crippen LogP contribution < -0.4 is 0 Å². The van der Waals surface area contributed by atoms with Gasteiger partial charge in [0.25, 0.3) is 0 Å². The third-order valence-corrected chi connectivity index (χ3v) is 1.60. The molecule has 0 saturated carbocycles. The first-order valence-electron chi connectivity index (χ1n) is 4.00. The summed E-state index contributed by atoms with van der Waals surface area (Å²) in [5, 5.41) is 9.31. The van der Waals surface area contributed by atoms with Crippen molar-refractivity contribution in [3.05, 3.63) is 12.2 Å². The Kier molecular flexibility index (Phi) is 5.37. The molecule has 0 aliphatic rings. The number of methoxy groups -OCH3 is 1. The molecular formula is C9H16O3. The predicted molar refractivity (Wildman–Crippen MR) is 46.6 cm³/mol. The van der Waals surface area contributed by atoms with Crippen LogP contribution in [0.5, 0.6) is 0 Å². The van der Waals surface area contributed by atoms with E-state index in [9.17, 15) is 9.90 Å². The van der Waals surface area contributed by atoms with E-state index in [-0.39, 0.29) is 18.0 Å². The molecule has 0 saturated heterocycles. The molecule has 0 aromatic carbocycles. The van der Waals surface area contributed by atoms with Crippen LogP contribution in [-0.2, 0) is 9.53 Å². The Morgan fingerprint density at radius 2 is 2.17 bits per heavy atom. The van der Waals surface area contributed by atoms with Crippen molar-refractivity contribution in [2.45, 2.75) is 26.4 Å². The highest BCUT2D eigenvalue weighted by Crippen LogP contribution is 2.05. The molecule has 0 aliphatic heterocycles. The standard InChI is InChI=1S/C9H16O3/c1-7(2)8(10)5-4-6-9(11)12-3/h4,6-8,10H,5H2,1-3H3/b6-4+. The van der Waals surface area contributed by atoms with Crippen LogP contribution in [0.4, 0.5) is 0 Å². The maximum atomic E-state index is 10.6. The predicted octanol–water partition coefficient (Wildman–Crippen LogP) is 1.12. The van der Waals surface area contributed by atoms with Gasteiger partial charge in [0, 0.05) is 6.08 Å². The minimum Gasteiger partial charge on any atom is -0.466 e. The van der Waals surface area contributed by atoms with Gasteiger partial charge < -0.3 is 9.84 Å². The summed E-state index contributed by atoms with van der Waals surface area (Å²) in [6.45, 7) is 3.85. The lowest BCUT2D eigenvalue weighted by atomic mass is 10.0. The SMILES string of the molecule is COC(=O)/C=C/CC(O)C(C)C. The van der Waals surface area contributed by atoms with Crippen LogP contribution in [0.2, 0.25) is 0 Å². The summed E-state index contributed by atoms with van der Waals surface area (Å²) >= 11 is 0. The third kappa shape index (κ3) is 4.91. The van der Waals surface area contributed by atoms with E-state index in [4.69, 9.17) is 0 Å². The maximum absolute atomic E-state index is 10.6. The number of carbonyl (C=O) groups is 1. The summed E-state index contributed by atoms with van der Waals surface area (Å²) in [5.41, 5.74) is 0. The van der Waals surface area contributed by atoms with E-state index in [2.05, 4.69) is 4.74 Å². The second-order valence-electron chi connectivity index (χ2n) is 2.97. The molecule has 0 spiro atoms. The molecule has 1 N–H and O–H groups in total. The smallest absolute Gasteiger partial charge is 0.330 e. The van der Waals surface area contributed by atoms with E-state index in [0.717, 1.165) is 0 Å². The van der Waals surface area contributed by atoms with Gasteiger partial charge in [0.05, 0.1) is 13.2 Å². The molecule has 0 rings (SSSR count). The zero-order valence-electron chi connectivity index (χ0n) is 7.78. The largest absolute Gasteiger partial charge is 0.466 e. The van der Waals surface area contributed by atoms with Crippen molar-refractivity contribution in [3.63, 3.8) is 0 Å². The van der Waals surface area contributed by atoms with Crippen molar-refractivity contribution in [3.8, 4) is 0 Å². The highest BCUT2D eigenvalue weighted by molar-refractivity contribution is 5.81. The molecule has 0 aliphatic carbocycles. The molecule has 0 amide bonds. The maximum Gasteiger partial charge on any atom is 0.330 e. The van der Waals surface area contributed by atoms with Gasteiger partial charge in [0.1, 0.15) is 0 Å². The van der Waals surface area contributed by atoms with Gasteiger partial charge in [0.2, 0.25) is 0 Å². The summed E-state index contributed by atoms with van der Waals surface area (Å²) in [5.74, 6) is -0.168. The van der Waals surface area contributed by atoms with Gasteiger partial charge >= 0.3 is 5.97 Å². The van der Waals surface area contributed by atoms with Crippen molar-refractivity contribution in [1.29, 1.82) is 0 Å². The summed E-state index contributed by atoms with van der Waals surface area (Å²) in [7, 11) is 1.32. The van der Waals surface area contributed by atoms with Gasteiger partial charge in [0.15, 0.2) is 0 Å². The summed E-state index contributed by atoms with van der Waals surface area (Å²) in [6.07, 6.45) is 3.06. The number of carbonyl (C=O) groups excluding carboxylic acids is 1. The minimum atomic E-state index is -0.383. The Hall–Kier alpha value is -0.830. The molecule has 0 fully saturated rings. The second kappa shape index (κ2) is 5.77. The van der Waals surface area contributed by atoms with Crippen LogP contribution in [0.3, 0.4) is 0 Å². The van der Waals surface area contributed by atoms with E-state index < -0.39 is 0 Å². The molecule has 0 aromatic heterocycles. The van der Waals surface area contributed by atoms with Crippen LogP contribution in [0.1, 0.15) is 20.3 Å². The number of aliphatic hydroxyl groups excluding tert-OH is 1. The first-order valence-corrected chi connectivity index (χ1v) is 4.00. The molecule has 70 valence electrons. The van der Waals surface area contributed by atoms with Crippen molar-refractivity contribution in [2.75, 3.05) is 7.11 Å². The zero-order chi connectivity index (χ0) is 9.56. The average Bonchev–Trinajstić information content (AvgIpc) is 2.03. The molecule has 0 aromatic rings. The number of esters is 1. The quantitative estimate of drug-likeness (QED) is 0.510. The van der Waals surface area contributed by atoms with E-state index in [0.29, 0.717) is 6.42 Å². The number of hydrogen-bond donors (Lipinski definition) is 1. The lowest BCUT2D eigenvalue weighted by molar-refractivity contribution is -0.134. The van der Waals surface area contributed by atoms with Crippen LogP contribution in [0, 0.1) is 5.92 Å². The number of ether oxygens (including phenoxy) is 1. The van der Waals surface area contributed by atoms with Gasteiger partial charge in [-0.3, -0.25) is 0 Å². The van der Waals surface area contributed by atoms with Crippen molar-refractivity contribution in [1.82, 2.24) is 0 Å². The van der Waals surface area contributed by atoms with E-state index >= 15 is 0 Å². The topological polar surface area (TPSA) is 46.5 Å². The Morgan fingerprint density at radius 1 is 1.58 bits per heavy atom.